The smallest absolute Gasteiger partial charge is 0.113 e. The van der Waals surface area contributed by atoms with Crippen LogP contribution in [0.5, 0.6) is 0 Å². The molecule has 2 rings (SSSR count). The van der Waals surface area contributed by atoms with Crippen LogP contribution in [-0.2, 0) is 11.3 Å². The lowest BCUT2D eigenvalue weighted by atomic mass is 9.97. The topological polar surface area (TPSA) is 54.4 Å². The summed E-state index contributed by atoms with van der Waals surface area (Å²) < 4.78 is 6.04. The van der Waals surface area contributed by atoms with Gasteiger partial charge >= 0.3 is 0 Å². The van der Waals surface area contributed by atoms with Crippen molar-refractivity contribution >= 4 is 22.9 Å². The van der Waals surface area contributed by atoms with E-state index in [0.29, 0.717) is 30.5 Å². The Balaban J connectivity index is 1.79. The Morgan fingerprint density at radius 2 is 2.62 bits per heavy atom. The van der Waals surface area contributed by atoms with Crippen LogP contribution in [0.3, 0.4) is 0 Å². The SMILES string of the molecule is CC1OCCC1(O)CNCc1ncc(Cl)s1. The number of nitrogens with one attached hydrogen (secondary N) is 1. The average Bonchev–Trinajstić information content (AvgIpc) is 2.76. The Hall–Kier alpha value is -0.200. The van der Waals surface area contributed by atoms with Gasteiger partial charge in [-0.3, -0.25) is 0 Å². The summed E-state index contributed by atoms with van der Waals surface area (Å²) in [7, 11) is 0. The molecule has 2 atom stereocenters. The predicted molar refractivity (Wildman–Crippen MR) is 63.8 cm³/mol. The van der Waals surface area contributed by atoms with E-state index in [1.165, 1.54) is 11.3 Å². The Bertz CT molecular complexity index is 360. The van der Waals surface area contributed by atoms with Crippen molar-refractivity contribution in [3.8, 4) is 0 Å². The third-order valence-corrected chi connectivity index (χ3v) is 4.01. The zero-order valence-corrected chi connectivity index (χ0v) is 10.6. The first-order valence-electron chi connectivity index (χ1n) is 5.25. The van der Waals surface area contributed by atoms with Crippen molar-refractivity contribution in [2.24, 2.45) is 0 Å². The number of rotatable bonds is 4. The van der Waals surface area contributed by atoms with E-state index in [2.05, 4.69) is 10.3 Å². The van der Waals surface area contributed by atoms with Crippen LogP contribution in [0.25, 0.3) is 0 Å². The van der Waals surface area contributed by atoms with Gasteiger partial charge in [0.25, 0.3) is 0 Å². The van der Waals surface area contributed by atoms with Crippen molar-refractivity contribution in [2.45, 2.75) is 31.6 Å². The van der Waals surface area contributed by atoms with Gasteiger partial charge in [-0.15, -0.1) is 11.3 Å². The molecule has 0 aromatic carbocycles. The molecule has 1 aliphatic heterocycles. The van der Waals surface area contributed by atoms with Gasteiger partial charge in [0.05, 0.1) is 12.3 Å². The Labute approximate surface area is 104 Å². The lowest BCUT2D eigenvalue weighted by Crippen LogP contribution is -2.45. The number of hydrogen-bond donors (Lipinski definition) is 2. The molecule has 6 heteroatoms. The highest BCUT2D eigenvalue weighted by Crippen LogP contribution is 2.25. The Morgan fingerprint density at radius 3 is 3.19 bits per heavy atom. The molecule has 1 fully saturated rings. The molecule has 0 saturated carbocycles. The van der Waals surface area contributed by atoms with Crippen LogP contribution in [0.15, 0.2) is 6.20 Å². The molecule has 4 nitrogen and oxygen atoms in total. The van der Waals surface area contributed by atoms with Crippen molar-refractivity contribution < 1.29 is 9.84 Å². The van der Waals surface area contributed by atoms with E-state index in [0.717, 1.165) is 5.01 Å². The van der Waals surface area contributed by atoms with E-state index in [1.54, 1.807) is 6.20 Å². The summed E-state index contributed by atoms with van der Waals surface area (Å²) in [5.74, 6) is 0. The second-order valence-electron chi connectivity index (χ2n) is 4.03. The Morgan fingerprint density at radius 1 is 1.81 bits per heavy atom. The molecular weight excluding hydrogens is 248 g/mol. The summed E-state index contributed by atoms with van der Waals surface area (Å²) >= 11 is 7.22. The van der Waals surface area contributed by atoms with Gasteiger partial charge in [-0.1, -0.05) is 11.6 Å². The monoisotopic (exact) mass is 262 g/mol. The molecule has 1 aliphatic rings. The summed E-state index contributed by atoms with van der Waals surface area (Å²) in [4.78, 5) is 4.13. The third kappa shape index (κ3) is 2.73. The molecule has 2 heterocycles. The number of thiazole rings is 1. The minimum absolute atomic E-state index is 0.111. The fourth-order valence-corrected chi connectivity index (χ4v) is 2.68. The lowest BCUT2D eigenvalue weighted by molar-refractivity contribution is -0.0262. The van der Waals surface area contributed by atoms with Gasteiger partial charge in [0.2, 0.25) is 0 Å². The molecule has 0 radical (unpaired) electrons. The zero-order valence-electron chi connectivity index (χ0n) is 9.07. The quantitative estimate of drug-likeness (QED) is 0.862. The van der Waals surface area contributed by atoms with E-state index in [4.69, 9.17) is 16.3 Å². The van der Waals surface area contributed by atoms with Crippen molar-refractivity contribution in [3.63, 3.8) is 0 Å². The van der Waals surface area contributed by atoms with Crippen LogP contribution in [0.2, 0.25) is 4.34 Å². The number of hydrogen-bond acceptors (Lipinski definition) is 5. The summed E-state index contributed by atoms with van der Waals surface area (Å²) in [5, 5.41) is 14.3. The maximum Gasteiger partial charge on any atom is 0.113 e. The minimum Gasteiger partial charge on any atom is -0.386 e. The standard InChI is InChI=1S/C10H15ClN2O2S/c1-7-10(14,2-3-15-7)6-12-5-9-13-4-8(11)16-9/h4,7,12,14H,2-3,5-6H2,1H3. The molecule has 0 bridgehead atoms. The molecule has 0 spiro atoms. The maximum absolute atomic E-state index is 10.2. The number of ether oxygens (including phenoxy) is 1. The fraction of sp³-hybridized carbons (Fsp3) is 0.700. The number of halogens is 1. The molecule has 1 saturated heterocycles. The summed E-state index contributed by atoms with van der Waals surface area (Å²) in [5.41, 5.74) is -0.749. The first-order valence-corrected chi connectivity index (χ1v) is 6.44. The zero-order chi connectivity index (χ0) is 11.6. The van der Waals surface area contributed by atoms with E-state index in [-0.39, 0.29) is 6.10 Å². The van der Waals surface area contributed by atoms with Crippen LogP contribution in [0, 0.1) is 0 Å². The molecule has 1 aromatic rings. The van der Waals surface area contributed by atoms with Crippen LogP contribution in [0.1, 0.15) is 18.4 Å². The van der Waals surface area contributed by atoms with E-state index in [9.17, 15) is 5.11 Å². The van der Waals surface area contributed by atoms with Crippen molar-refractivity contribution in [2.75, 3.05) is 13.2 Å². The first kappa shape index (κ1) is 12.3. The number of aromatic nitrogens is 1. The second kappa shape index (κ2) is 4.98. The number of aliphatic hydroxyl groups is 1. The largest absolute Gasteiger partial charge is 0.386 e. The maximum atomic E-state index is 10.2. The summed E-state index contributed by atoms with van der Waals surface area (Å²) in [6.07, 6.45) is 2.21. The first-order chi connectivity index (χ1) is 7.60. The molecular formula is C10H15ClN2O2S. The van der Waals surface area contributed by atoms with Gasteiger partial charge in [-0.2, -0.15) is 0 Å². The van der Waals surface area contributed by atoms with E-state index >= 15 is 0 Å². The van der Waals surface area contributed by atoms with Crippen molar-refractivity contribution in [3.05, 3.63) is 15.5 Å². The highest BCUT2D eigenvalue weighted by molar-refractivity contribution is 7.15. The molecule has 16 heavy (non-hydrogen) atoms. The van der Waals surface area contributed by atoms with Gasteiger partial charge in [0.15, 0.2) is 0 Å². The molecule has 0 amide bonds. The number of nitrogens with zero attached hydrogens (tertiary/aromatic N) is 1. The predicted octanol–water partition coefficient (Wildman–Crippen LogP) is 1.43. The summed E-state index contributed by atoms with van der Waals surface area (Å²) in [6, 6.07) is 0. The minimum atomic E-state index is -0.749. The molecule has 2 N–H and O–H groups in total. The average molecular weight is 263 g/mol. The van der Waals surface area contributed by atoms with Gasteiger partial charge in [0, 0.05) is 26.1 Å². The second-order valence-corrected chi connectivity index (χ2v) is 5.77. The molecule has 0 aliphatic carbocycles. The molecule has 90 valence electrons. The summed E-state index contributed by atoms with van der Waals surface area (Å²) in [6.45, 7) is 3.68. The van der Waals surface area contributed by atoms with Gasteiger partial charge in [-0.05, 0) is 6.92 Å². The van der Waals surface area contributed by atoms with E-state index < -0.39 is 5.60 Å². The van der Waals surface area contributed by atoms with Gasteiger partial charge in [0.1, 0.15) is 14.9 Å². The lowest BCUT2D eigenvalue weighted by Gasteiger charge is -2.26. The fourth-order valence-electron chi connectivity index (χ4n) is 1.76. The van der Waals surface area contributed by atoms with Crippen LogP contribution in [0.4, 0.5) is 0 Å². The van der Waals surface area contributed by atoms with Crippen molar-refractivity contribution in [1.82, 2.24) is 10.3 Å². The Kier molecular flexibility index (Phi) is 3.81. The van der Waals surface area contributed by atoms with Crippen LogP contribution >= 0.6 is 22.9 Å². The third-order valence-electron chi connectivity index (χ3n) is 2.89. The van der Waals surface area contributed by atoms with E-state index in [1.807, 2.05) is 6.92 Å². The molecule has 2 unspecified atom stereocenters. The van der Waals surface area contributed by atoms with Crippen LogP contribution < -0.4 is 5.32 Å². The highest BCUT2D eigenvalue weighted by atomic mass is 35.5. The van der Waals surface area contributed by atoms with Gasteiger partial charge < -0.3 is 15.2 Å². The van der Waals surface area contributed by atoms with Gasteiger partial charge in [-0.25, -0.2) is 4.98 Å². The normalized spacial score (nSPS) is 29.8. The van der Waals surface area contributed by atoms with Crippen LogP contribution in [-0.4, -0.2) is 34.9 Å². The molecule has 1 aromatic heterocycles. The van der Waals surface area contributed by atoms with Crippen molar-refractivity contribution in [1.29, 1.82) is 0 Å². The highest BCUT2D eigenvalue weighted by Gasteiger charge is 2.38.